The molecule has 0 aromatic heterocycles. The van der Waals surface area contributed by atoms with Crippen molar-refractivity contribution in [1.29, 1.82) is 0 Å². The maximum atomic E-state index is 10.9. The third-order valence-corrected chi connectivity index (χ3v) is 2.41. The molecule has 0 unspecified atom stereocenters. The lowest BCUT2D eigenvalue weighted by Gasteiger charge is -2.11. The minimum Gasteiger partial charge on any atom is -0.508 e. The van der Waals surface area contributed by atoms with E-state index >= 15 is 0 Å². The zero-order valence-corrected chi connectivity index (χ0v) is 8.74. The molecule has 1 aromatic carbocycles. The van der Waals surface area contributed by atoms with Crippen LogP contribution in [0.15, 0.2) is 6.07 Å². The summed E-state index contributed by atoms with van der Waals surface area (Å²) < 4.78 is 0. The second-order valence-corrected chi connectivity index (χ2v) is 3.27. The highest BCUT2D eigenvalue weighted by Crippen LogP contribution is 2.34. The summed E-state index contributed by atoms with van der Waals surface area (Å²) in [5.74, 6) is -1.53. The SMILES string of the molecule is CCc1cc(O)c(CC)c(O)c1C(=O)O. The fourth-order valence-electron chi connectivity index (χ4n) is 1.61. The van der Waals surface area contributed by atoms with Crippen molar-refractivity contribution >= 4 is 5.97 Å². The molecule has 0 atom stereocenters. The van der Waals surface area contributed by atoms with Gasteiger partial charge in [-0.15, -0.1) is 0 Å². The number of aromatic carboxylic acids is 1. The van der Waals surface area contributed by atoms with Gasteiger partial charge in [-0.1, -0.05) is 13.8 Å². The fraction of sp³-hybridized carbons (Fsp3) is 0.364. The van der Waals surface area contributed by atoms with E-state index in [-0.39, 0.29) is 22.6 Å². The summed E-state index contributed by atoms with van der Waals surface area (Å²) in [6, 6.07) is 1.40. The Bertz CT molecular complexity index is 396. The molecule has 0 bridgehead atoms. The first-order valence-corrected chi connectivity index (χ1v) is 4.82. The highest BCUT2D eigenvalue weighted by Gasteiger charge is 2.20. The van der Waals surface area contributed by atoms with Crippen LogP contribution in [0.3, 0.4) is 0 Å². The molecule has 0 aliphatic rings. The summed E-state index contributed by atoms with van der Waals surface area (Å²) >= 11 is 0. The normalized spacial score (nSPS) is 10.3. The number of phenols is 2. The van der Waals surface area contributed by atoms with Crippen LogP contribution in [-0.2, 0) is 12.8 Å². The topological polar surface area (TPSA) is 77.8 Å². The van der Waals surface area contributed by atoms with Crippen LogP contribution >= 0.6 is 0 Å². The van der Waals surface area contributed by atoms with E-state index in [2.05, 4.69) is 0 Å². The maximum absolute atomic E-state index is 10.9. The molecular weight excluding hydrogens is 196 g/mol. The Hall–Kier alpha value is -1.71. The predicted octanol–water partition coefficient (Wildman–Crippen LogP) is 1.92. The first kappa shape index (κ1) is 11.4. The third-order valence-electron chi connectivity index (χ3n) is 2.41. The van der Waals surface area contributed by atoms with Crippen LogP contribution in [0.1, 0.15) is 35.3 Å². The van der Waals surface area contributed by atoms with Crippen molar-refractivity contribution in [2.75, 3.05) is 0 Å². The summed E-state index contributed by atoms with van der Waals surface area (Å²) in [5, 5.41) is 28.2. The van der Waals surface area contributed by atoms with Crippen LogP contribution < -0.4 is 0 Å². The Balaban J connectivity index is 3.53. The van der Waals surface area contributed by atoms with E-state index in [4.69, 9.17) is 5.11 Å². The summed E-state index contributed by atoms with van der Waals surface area (Å²) in [6.07, 6.45) is 0.842. The van der Waals surface area contributed by atoms with Gasteiger partial charge in [0.2, 0.25) is 0 Å². The Labute approximate surface area is 87.8 Å². The lowest BCUT2D eigenvalue weighted by molar-refractivity contribution is 0.0692. The highest BCUT2D eigenvalue weighted by atomic mass is 16.4. The average Bonchev–Trinajstić information content (AvgIpc) is 2.16. The molecular formula is C11H14O4. The van der Waals surface area contributed by atoms with Gasteiger partial charge in [-0.25, -0.2) is 4.79 Å². The minimum absolute atomic E-state index is 0.0446. The number of carboxylic acid groups (broad SMARTS) is 1. The van der Waals surface area contributed by atoms with Gasteiger partial charge in [-0.3, -0.25) is 0 Å². The maximum Gasteiger partial charge on any atom is 0.339 e. The monoisotopic (exact) mass is 210 g/mol. The molecule has 0 radical (unpaired) electrons. The van der Waals surface area contributed by atoms with E-state index < -0.39 is 5.97 Å². The smallest absolute Gasteiger partial charge is 0.339 e. The summed E-state index contributed by atoms with van der Waals surface area (Å²) in [4.78, 5) is 10.9. The third kappa shape index (κ3) is 1.88. The van der Waals surface area contributed by atoms with E-state index in [1.807, 2.05) is 0 Å². The van der Waals surface area contributed by atoms with Crippen molar-refractivity contribution in [2.45, 2.75) is 26.7 Å². The van der Waals surface area contributed by atoms with Crippen molar-refractivity contribution in [3.05, 3.63) is 22.8 Å². The Kier molecular flexibility index (Phi) is 3.19. The molecule has 3 N–H and O–H groups in total. The molecule has 0 heterocycles. The van der Waals surface area contributed by atoms with E-state index in [1.165, 1.54) is 6.07 Å². The molecule has 15 heavy (non-hydrogen) atoms. The number of phenolic OH excluding ortho intramolecular Hbond substituents is 1. The van der Waals surface area contributed by atoms with Crippen molar-refractivity contribution in [2.24, 2.45) is 0 Å². The van der Waals surface area contributed by atoms with Gasteiger partial charge in [0.1, 0.15) is 17.1 Å². The first-order chi connectivity index (χ1) is 7.02. The number of carboxylic acids is 1. The zero-order valence-electron chi connectivity index (χ0n) is 8.74. The second kappa shape index (κ2) is 4.21. The predicted molar refractivity (Wildman–Crippen MR) is 55.5 cm³/mol. The first-order valence-electron chi connectivity index (χ1n) is 4.82. The Morgan fingerprint density at radius 1 is 1.27 bits per heavy atom. The van der Waals surface area contributed by atoms with Gasteiger partial charge >= 0.3 is 5.97 Å². The molecule has 0 fully saturated rings. The lowest BCUT2D eigenvalue weighted by Crippen LogP contribution is -2.04. The summed E-state index contributed by atoms with van der Waals surface area (Å²) in [5.41, 5.74) is 0.617. The Morgan fingerprint density at radius 2 is 1.87 bits per heavy atom. The Morgan fingerprint density at radius 3 is 2.27 bits per heavy atom. The molecule has 4 heteroatoms. The van der Waals surface area contributed by atoms with Crippen LogP contribution in [0, 0.1) is 0 Å². The number of benzene rings is 1. The van der Waals surface area contributed by atoms with Gasteiger partial charge in [0, 0.05) is 5.56 Å². The van der Waals surface area contributed by atoms with Crippen LogP contribution in [0.5, 0.6) is 11.5 Å². The molecule has 82 valence electrons. The molecule has 0 saturated heterocycles. The van der Waals surface area contributed by atoms with Crippen molar-refractivity contribution < 1.29 is 20.1 Å². The molecule has 0 amide bonds. The van der Waals surface area contributed by atoms with E-state index in [0.717, 1.165) is 0 Å². The average molecular weight is 210 g/mol. The summed E-state index contributed by atoms with van der Waals surface area (Å²) in [6.45, 7) is 3.51. The highest BCUT2D eigenvalue weighted by molar-refractivity contribution is 5.93. The molecule has 0 spiro atoms. The van der Waals surface area contributed by atoms with Gasteiger partial charge in [0.25, 0.3) is 0 Å². The van der Waals surface area contributed by atoms with Crippen LogP contribution in [0.4, 0.5) is 0 Å². The van der Waals surface area contributed by atoms with Gasteiger partial charge in [-0.2, -0.15) is 0 Å². The quantitative estimate of drug-likeness (QED) is 0.712. The molecule has 0 aliphatic heterocycles. The lowest BCUT2D eigenvalue weighted by atomic mass is 9.98. The van der Waals surface area contributed by atoms with Crippen molar-refractivity contribution in [3.8, 4) is 11.5 Å². The van der Waals surface area contributed by atoms with E-state index in [1.54, 1.807) is 13.8 Å². The number of carbonyl (C=O) groups is 1. The van der Waals surface area contributed by atoms with Crippen LogP contribution in [0.25, 0.3) is 0 Å². The largest absolute Gasteiger partial charge is 0.508 e. The molecule has 1 aromatic rings. The second-order valence-electron chi connectivity index (χ2n) is 3.27. The molecule has 1 rings (SSSR count). The summed E-state index contributed by atoms with van der Waals surface area (Å²) in [7, 11) is 0. The molecule has 0 aliphatic carbocycles. The van der Waals surface area contributed by atoms with Gasteiger partial charge in [0.05, 0.1) is 0 Å². The van der Waals surface area contributed by atoms with Crippen LogP contribution in [0.2, 0.25) is 0 Å². The van der Waals surface area contributed by atoms with E-state index in [9.17, 15) is 15.0 Å². The minimum atomic E-state index is -1.17. The van der Waals surface area contributed by atoms with Gasteiger partial charge in [-0.05, 0) is 24.5 Å². The van der Waals surface area contributed by atoms with Gasteiger partial charge < -0.3 is 15.3 Å². The van der Waals surface area contributed by atoms with Crippen molar-refractivity contribution in [1.82, 2.24) is 0 Å². The standard InChI is InChI=1S/C11H14O4/c1-3-6-5-8(12)7(4-2)10(13)9(6)11(14)15/h5,12-13H,3-4H2,1-2H3,(H,14,15). The van der Waals surface area contributed by atoms with E-state index in [0.29, 0.717) is 18.4 Å². The number of hydrogen-bond donors (Lipinski definition) is 3. The number of rotatable bonds is 3. The molecule has 4 nitrogen and oxygen atoms in total. The van der Waals surface area contributed by atoms with Gasteiger partial charge in [0.15, 0.2) is 0 Å². The van der Waals surface area contributed by atoms with Crippen LogP contribution in [-0.4, -0.2) is 21.3 Å². The zero-order chi connectivity index (χ0) is 11.6. The fourth-order valence-corrected chi connectivity index (χ4v) is 1.61. The number of aromatic hydroxyl groups is 2. The van der Waals surface area contributed by atoms with Crippen molar-refractivity contribution in [3.63, 3.8) is 0 Å². The molecule has 0 saturated carbocycles. The number of hydrogen-bond acceptors (Lipinski definition) is 3. The number of aryl methyl sites for hydroxylation is 1.